The highest BCUT2D eigenvalue weighted by Crippen LogP contribution is 2.23. The average Bonchev–Trinajstić information content (AvgIpc) is 3.14. The number of ether oxygens (including phenoxy) is 1. The van der Waals surface area contributed by atoms with Gasteiger partial charge in [-0.1, -0.05) is 59.6 Å². The van der Waals surface area contributed by atoms with Gasteiger partial charge in [0.1, 0.15) is 17.4 Å². The first-order valence-corrected chi connectivity index (χ1v) is 11.2. The monoisotopic (exact) mass is 479 g/mol. The molecule has 1 aromatic heterocycles. The predicted octanol–water partition coefficient (Wildman–Crippen LogP) is 6.69. The van der Waals surface area contributed by atoms with E-state index < -0.39 is 0 Å². The molecule has 1 heterocycles. The molecule has 4 aromatic rings. The first-order chi connectivity index (χ1) is 15.9. The molecule has 0 radical (unpaired) electrons. The number of carbonyl (C=O) groups excluding carboxylic acids is 1. The molecule has 0 atom stereocenters. The summed E-state index contributed by atoms with van der Waals surface area (Å²) < 4.78 is 7.64. The van der Waals surface area contributed by atoms with Crippen LogP contribution in [0.4, 0.5) is 5.82 Å². The smallest absolute Gasteiger partial charge is 0.256 e. The van der Waals surface area contributed by atoms with E-state index in [1.54, 1.807) is 23.0 Å². The largest absolute Gasteiger partial charge is 0.489 e. The molecule has 0 saturated carbocycles. The molecule has 5 nitrogen and oxygen atoms in total. The van der Waals surface area contributed by atoms with E-state index in [1.165, 1.54) is 0 Å². The molecule has 4 rings (SSSR count). The molecule has 33 heavy (non-hydrogen) atoms. The molecule has 7 heteroatoms. The van der Waals surface area contributed by atoms with Gasteiger partial charge in [0.25, 0.3) is 5.91 Å². The minimum atomic E-state index is -0.290. The van der Waals surface area contributed by atoms with Crippen LogP contribution in [0.1, 0.15) is 32.6 Å². The van der Waals surface area contributed by atoms with Crippen LogP contribution in [0.25, 0.3) is 0 Å². The molecular formula is C26H23Cl2N3O2. The first kappa shape index (κ1) is 22.9. The van der Waals surface area contributed by atoms with Crippen LogP contribution in [0.5, 0.6) is 5.75 Å². The highest BCUT2D eigenvalue weighted by atomic mass is 35.5. The van der Waals surface area contributed by atoms with Crippen molar-refractivity contribution >= 4 is 34.9 Å². The third-order valence-corrected chi connectivity index (χ3v) is 5.66. The number of halogens is 2. The van der Waals surface area contributed by atoms with Crippen molar-refractivity contribution in [2.75, 3.05) is 5.32 Å². The van der Waals surface area contributed by atoms with Crippen molar-refractivity contribution in [1.82, 2.24) is 9.78 Å². The summed E-state index contributed by atoms with van der Waals surface area (Å²) in [7, 11) is 0. The van der Waals surface area contributed by atoms with Crippen LogP contribution in [0.15, 0.2) is 72.9 Å². The van der Waals surface area contributed by atoms with Crippen LogP contribution >= 0.6 is 23.2 Å². The van der Waals surface area contributed by atoms with Crippen molar-refractivity contribution in [2.24, 2.45) is 0 Å². The van der Waals surface area contributed by atoms with Crippen LogP contribution in [0.3, 0.4) is 0 Å². The van der Waals surface area contributed by atoms with Crippen LogP contribution in [-0.4, -0.2) is 15.7 Å². The van der Waals surface area contributed by atoms with Crippen LogP contribution in [-0.2, 0) is 13.2 Å². The second-order valence-electron chi connectivity index (χ2n) is 7.86. The Kier molecular flexibility index (Phi) is 7.02. The van der Waals surface area contributed by atoms with Gasteiger partial charge < -0.3 is 10.1 Å². The van der Waals surface area contributed by atoms with Crippen molar-refractivity contribution in [3.8, 4) is 5.75 Å². The maximum atomic E-state index is 12.8. The lowest BCUT2D eigenvalue weighted by molar-refractivity contribution is 0.102. The normalized spacial score (nSPS) is 10.8. The van der Waals surface area contributed by atoms with E-state index in [4.69, 9.17) is 27.9 Å². The maximum Gasteiger partial charge on any atom is 0.256 e. The Morgan fingerprint density at radius 2 is 1.79 bits per heavy atom. The summed E-state index contributed by atoms with van der Waals surface area (Å²) in [6.45, 7) is 4.91. The van der Waals surface area contributed by atoms with E-state index >= 15 is 0 Å². The minimum Gasteiger partial charge on any atom is -0.489 e. The second kappa shape index (κ2) is 10.1. The Bertz CT molecular complexity index is 1280. The number of aryl methyl sites for hydroxylation is 2. The van der Waals surface area contributed by atoms with Gasteiger partial charge >= 0.3 is 0 Å². The van der Waals surface area contributed by atoms with Crippen LogP contribution in [0.2, 0.25) is 10.0 Å². The third kappa shape index (κ3) is 5.95. The second-order valence-corrected chi connectivity index (χ2v) is 8.71. The summed E-state index contributed by atoms with van der Waals surface area (Å²) in [5.41, 5.74) is 4.62. The number of hydrogen-bond donors (Lipinski definition) is 1. The maximum absolute atomic E-state index is 12.8. The highest BCUT2D eigenvalue weighted by molar-refractivity contribution is 6.33. The van der Waals surface area contributed by atoms with Crippen molar-refractivity contribution in [3.05, 3.63) is 111 Å². The first-order valence-electron chi connectivity index (χ1n) is 10.4. The average molecular weight is 480 g/mol. The number of benzene rings is 3. The lowest BCUT2D eigenvalue weighted by Crippen LogP contribution is -2.13. The molecule has 1 N–H and O–H groups in total. The van der Waals surface area contributed by atoms with E-state index in [1.807, 2.05) is 62.4 Å². The van der Waals surface area contributed by atoms with Crippen molar-refractivity contribution in [1.29, 1.82) is 0 Å². The summed E-state index contributed by atoms with van der Waals surface area (Å²) in [4.78, 5) is 12.8. The molecule has 0 unspecified atom stereocenters. The molecule has 0 saturated heterocycles. The van der Waals surface area contributed by atoms with E-state index in [0.29, 0.717) is 34.6 Å². The molecule has 0 aliphatic carbocycles. The number of aromatic nitrogens is 2. The molecule has 3 aromatic carbocycles. The lowest BCUT2D eigenvalue weighted by Gasteiger charge is -2.11. The number of carbonyl (C=O) groups is 1. The number of nitrogens with one attached hydrogen (secondary N) is 1. The van der Waals surface area contributed by atoms with Crippen molar-refractivity contribution in [2.45, 2.75) is 27.0 Å². The lowest BCUT2D eigenvalue weighted by atomic mass is 10.1. The van der Waals surface area contributed by atoms with E-state index in [-0.39, 0.29) is 5.91 Å². The fourth-order valence-electron chi connectivity index (χ4n) is 3.35. The van der Waals surface area contributed by atoms with Gasteiger partial charge in [0.2, 0.25) is 0 Å². The fraction of sp³-hybridized carbons (Fsp3) is 0.154. The summed E-state index contributed by atoms with van der Waals surface area (Å²) in [6.07, 6.45) is 1.68. The molecule has 0 fully saturated rings. The number of nitrogens with zero attached hydrogens (tertiary/aromatic N) is 2. The molecule has 0 spiro atoms. The molecule has 168 valence electrons. The van der Waals surface area contributed by atoms with Gasteiger partial charge in [0, 0.05) is 16.8 Å². The van der Waals surface area contributed by atoms with E-state index in [2.05, 4.69) is 16.5 Å². The van der Waals surface area contributed by atoms with Crippen LogP contribution in [0, 0.1) is 13.8 Å². The number of anilines is 1. The van der Waals surface area contributed by atoms with Gasteiger partial charge in [-0.15, -0.1) is 0 Å². The van der Waals surface area contributed by atoms with E-state index in [9.17, 15) is 4.79 Å². The standard InChI is InChI=1S/C26H23Cl2N3O2/c1-17-6-7-18(2)24(12-17)33-16-20-4-3-5-21(13-20)26(32)29-25-23(28)15-31(30-25)14-19-8-10-22(27)11-9-19/h3-13,15H,14,16H2,1-2H3,(H,29,30,32). The van der Waals surface area contributed by atoms with Crippen LogP contribution < -0.4 is 10.1 Å². The zero-order chi connectivity index (χ0) is 23.4. The Hall–Kier alpha value is -3.28. The van der Waals surface area contributed by atoms with Gasteiger partial charge in [-0.25, -0.2) is 0 Å². The number of hydrogen-bond acceptors (Lipinski definition) is 3. The summed E-state index contributed by atoms with van der Waals surface area (Å²) >= 11 is 12.2. The number of amides is 1. The minimum absolute atomic E-state index is 0.290. The molecular weight excluding hydrogens is 457 g/mol. The summed E-state index contributed by atoms with van der Waals surface area (Å²) in [5.74, 6) is 0.859. The SMILES string of the molecule is Cc1ccc(C)c(OCc2cccc(C(=O)Nc3nn(Cc4ccc(Cl)cc4)cc3Cl)c2)c1. The third-order valence-electron chi connectivity index (χ3n) is 5.13. The zero-order valence-electron chi connectivity index (χ0n) is 18.3. The number of rotatable bonds is 7. The van der Waals surface area contributed by atoms with Gasteiger partial charge in [-0.3, -0.25) is 9.48 Å². The molecule has 1 amide bonds. The highest BCUT2D eigenvalue weighted by Gasteiger charge is 2.13. The fourth-order valence-corrected chi connectivity index (χ4v) is 3.67. The summed E-state index contributed by atoms with van der Waals surface area (Å²) in [5, 5.41) is 8.24. The quantitative estimate of drug-likeness (QED) is 0.321. The molecule has 0 bridgehead atoms. The van der Waals surface area contributed by atoms with Gasteiger partial charge in [0.15, 0.2) is 5.82 Å². The Morgan fingerprint density at radius 1 is 1.00 bits per heavy atom. The van der Waals surface area contributed by atoms with Gasteiger partial charge in [-0.2, -0.15) is 5.10 Å². The molecule has 0 aliphatic rings. The van der Waals surface area contributed by atoms with Gasteiger partial charge in [0.05, 0.1) is 6.54 Å². The topological polar surface area (TPSA) is 56.1 Å². The zero-order valence-corrected chi connectivity index (χ0v) is 19.8. The molecule has 0 aliphatic heterocycles. The van der Waals surface area contributed by atoms with E-state index in [0.717, 1.165) is 28.0 Å². The summed E-state index contributed by atoms with van der Waals surface area (Å²) in [6, 6.07) is 20.9. The van der Waals surface area contributed by atoms with Crippen molar-refractivity contribution < 1.29 is 9.53 Å². The van der Waals surface area contributed by atoms with Gasteiger partial charge in [-0.05, 0) is 66.4 Å². The Balaban J connectivity index is 1.42. The predicted molar refractivity (Wildman–Crippen MR) is 132 cm³/mol. The van der Waals surface area contributed by atoms with Crippen molar-refractivity contribution in [3.63, 3.8) is 0 Å². The Morgan fingerprint density at radius 3 is 2.58 bits per heavy atom. The Labute approximate surface area is 202 Å².